The van der Waals surface area contributed by atoms with Gasteiger partial charge in [-0.05, 0) is 39.3 Å². The van der Waals surface area contributed by atoms with E-state index in [9.17, 15) is 8.42 Å². The number of hydrogen-bond donors (Lipinski definition) is 2. The highest BCUT2D eigenvalue weighted by atomic mass is 32.2. The molecule has 1 saturated heterocycles. The minimum absolute atomic E-state index is 0.316. The van der Waals surface area contributed by atoms with Crippen LogP contribution in [0.25, 0.3) is 0 Å². The maximum absolute atomic E-state index is 12.3. The molecule has 0 saturated carbocycles. The van der Waals surface area contributed by atoms with Crippen molar-refractivity contribution in [1.82, 2.24) is 19.8 Å². The molecular weight excluding hydrogens is 252 g/mol. The Morgan fingerprint density at radius 1 is 1.50 bits per heavy atom. The van der Waals surface area contributed by atoms with Gasteiger partial charge in [0.2, 0.25) is 10.0 Å². The van der Waals surface area contributed by atoms with Gasteiger partial charge in [-0.25, -0.2) is 13.1 Å². The lowest BCUT2D eigenvalue weighted by molar-refractivity contribution is 0.538. The van der Waals surface area contributed by atoms with Crippen molar-refractivity contribution in [2.45, 2.75) is 25.2 Å². The molecule has 1 atom stereocenters. The fraction of sp³-hybridized carbons (Fsp3) is 0.727. The third-order valence-electron chi connectivity index (χ3n) is 3.44. The van der Waals surface area contributed by atoms with E-state index in [1.165, 1.54) is 0 Å². The van der Waals surface area contributed by atoms with Crippen LogP contribution in [0.5, 0.6) is 0 Å². The first kappa shape index (κ1) is 13.5. The van der Waals surface area contributed by atoms with Gasteiger partial charge in [-0.15, -0.1) is 0 Å². The Labute approximate surface area is 108 Å². The summed E-state index contributed by atoms with van der Waals surface area (Å²) in [5, 5.41) is 7.37. The lowest BCUT2D eigenvalue weighted by Gasteiger charge is -2.11. The van der Waals surface area contributed by atoms with Crippen LogP contribution < -0.4 is 10.0 Å². The lowest BCUT2D eigenvalue weighted by atomic mass is 10.1. The zero-order valence-corrected chi connectivity index (χ0v) is 11.8. The Kier molecular flexibility index (Phi) is 3.74. The van der Waals surface area contributed by atoms with E-state index in [2.05, 4.69) is 15.1 Å². The third kappa shape index (κ3) is 2.57. The van der Waals surface area contributed by atoms with Gasteiger partial charge in [-0.2, -0.15) is 5.10 Å². The van der Waals surface area contributed by atoms with Crippen LogP contribution in [0, 0.1) is 19.8 Å². The van der Waals surface area contributed by atoms with Crippen LogP contribution in [0.4, 0.5) is 0 Å². The van der Waals surface area contributed by atoms with Crippen LogP contribution in [-0.2, 0) is 17.1 Å². The maximum Gasteiger partial charge on any atom is 0.244 e. The summed E-state index contributed by atoms with van der Waals surface area (Å²) in [6.45, 7) is 5.83. The molecule has 2 heterocycles. The van der Waals surface area contributed by atoms with Gasteiger partial charge in [0.15, 0.2) is 0 Å². The number of hydrogen-bond acceptors (Lipinski definition) is 4. The van der Waals surface area contributed by atoms with Crippen molar-refractivity contribution in [3.63, 3.8) is 0 Å². The summed E-state index contributed by atoms with van der Waals surface area (Å²) >= 11 is 0. The van der Waals surface area contributed by atoms with E-state index >= 15 is 0 Å². The second kappa shape index (κ2) is 4.99. The van der Waals surface area contributed by atoms with Gasteiger partial charge >= 0.3 is 0 Å². The minimum atomic E-state index is -3.45. The molecule has 0 spiro atoms. The molecule has 0 amide bonds. The standard InChI is InChI=1S/C11H20N4O2S/c1-8-11(9(2)15(3)14-8)18(16,17)13-7-10-4-5-12-6-10/h10,12-13H,4-7H2,1-3H3. The normalized spacial score (nSPS) is 20.5. The van der Waals surface area contributed by atoms with E-state index in [-0.39, 0.29) is 0 Å². The summed E-state index contributed by atoms with van der Waals surface area (Å²) in [5.74, 6) is 0.386. The average molecular weight is 272 g/mol. The van der Waals surface area contributed by atoms with Crippen molar-refractivity contribution in [1.29, 1.82) is 0 Å². The van der Waals surface area contributed by atoms with Crippen LogP contribution in [0.15, 0.2) is 4.90 Å². The molecule has 1 aromatic rings. The lowest BCUT2D eigenvalue weighted by Crippen LogP contribution is -2.31. The van der Waals surface area contributed by atoms with Crippen LogP contribution in [-0.4, -0.2) is 37.8 Å². The SMILES string of the molecule is Cc1nn(C)c(C)c1S(=O)(=O)NCC1CCNC1. The number of nitrogens with zero attached hydrogens (tertiary/aromatic N) is 2. The van der Waals surface area contributed by atoms with Crippen molar-refractivity contribution in [3.05, 3.63) is 11.4 Å². The quantitative estimate of drug-likeness (QED) is 0.804. The molecular formula is C11H20N4O2S. The second-order valence-electron chi connectivity index (χ2n) is 4.83. The molecule has 2 rings (SSSR count). The van der Waals surface area contributed by atoms with Gasteiger partial charge in [0.1, 0.15) is 4.90 Å². The topological polar surface area (TPSA) is 76.0 Å². The maximum atomic E-state index is 12.3. The number of sulfonamides is 1. The number of nitrogens with one attached hydrogen (secondary N) is 2. The van der Waals surface area contributed by atoms with Crippen LogP contribution in [0.3, 0.4) is 0 Å². The van der Waals surface area contributed by atoms with Gasteiger partial charge in [-0.3, -0.25) is 4.68 Å². The van der Waals surface area contributed by atoms with Crippen LogP contribution >= 0.6 is 0 Å². The predicted octanol–water partition coefficient (Wildman–Crippen LogP) is -0.0753. The highest BCUT2D eigenvalue weighted by Gasteiger charge is 2.25. The van der Waals surface area contributed by atoms with Crippen LogP contribution in [0.1, 0.15) is 17.8 Å². The van der Waals surface area contributed by atoms with Crippen molar-refractivity contribution in [3.8, 4) is 0 Å². The Bertz CT molecular complexity index is 529. The summed E-state index contributed by atoms with van der Waals surface area (Å²) in [6.07, 6.45) is 1.02. The summed E-state index contributed by atoms with van der Waals surface area (Å²) in [6, 6.07) is 0. The molecule has 7 heteroatoms. The molecule has 1 unspecified atom stereocenters. The Hall–Kier alpha value is -0.920. The van der Waals surface area contributed by atoms with Crippen molar-refractivity contribution in [2.24, 2.45) is 13.0 Å². The first-order valence-corrected chi connectivity index (χ1v) is 7.60. The van der Waals surface area contributed by atoms with Gasteiger partial charge in [0.25, 0.3) is 0 Å². The Morgan fingerprint density at radius 3 is 2.72 bits per heavy atom. The smallest absolute Gasteiger partial charge is 0.244 e. The number of aromatic nitrogens is 2. The van der Waals surface area contributed by atoms with Crippen molar-refractivity contribution >= 4 is 10.0 Å². The molecule has 1 aliphatic heterocycles. The molecule has 18 heavy (non-hydrogen) atoms. The zero-order valence-electron chi connectivity index (χ0n) is 11.0. The Balaban J connectivity index is 2.14. The summed E-state index contributed by atoms with van der Waals surface area (Å²) in [7, 11) is -1.70. The highest BCUT2D eigenvalue weighted by molar-refractivity contribution is 7.89. The fourth-order valence-corrected chi connectivity index (χ4v) is 3.88. The highest BCUT2D eigenvalue weighted by Crippen LogP contribution is 2.18. The monoisotopic (exact) mass is 272 g/mol. The second-order valence-corrected chi connectivity index (χ2v) is 6.54. The summed E-state index contributed by atoms with van der Waals surface area (Å²) in [5.41, 5.74) is 1.22. The fourth-order valence-electron chi connectivity index (χ4n) is 2.33. The molecule has 1 fully saturated rings. The number of rotatable bonds is 4. The molecule has 0 radical (unpaired) electrons. The van der Waals surface area contributed by atoms with E-state index in [0.29, 0.717) is 28.7 Å². The van der Waals surface area contributed by atoms with Gasteiger partial charge in [-0.1, -0.05) is 0 Å². The molecule has 0 aliphatic carbocycles. The van der Waals surface area contributed by atoms with E-state index in [1.807, 2.05) is 0 Å². The largest absolute Gasteiger partial charge is 0.316 e. The summed E-state index contributed by atoms with van der Waals surface area (Å²) < 4.78 is 28.8. The molecule has 0 bridgehead atoms. The van der Waals surface area contributed by atoms with E-state index in [1.54, 1.807) is 25.6 Å². The van der Waals surface area contributed by atoms with Crippen molar-refractivity contribution in [2.75, 3.05) is 19.6 Å². The zero-order chi connectivity index (χ0) is 13.3. The van der Waals surface area contributed by atoms with E-state index in [0.717, 1.165) is 19.5 Å². The van der Waals surface area contributed by atoms with Crippen LogP contribution in [0.2, 0.25) is 0 Å². The van der Waals surface area contributed by atoms with E-state index in [4.69, 9.17) is 0 Å². The molecule has 1 aliphatic rings. The van der Waals surface area contributed by atoms with Gasteiger partial charge in [0, 0.05) is 13.6 Å². The van der Waals surface area contributed by atoms with Gasteiger partial charge in [0.05, 0.1) is 11.4 Å². The summed E-state index contributed by atoms with van der Waals surface area (Å²) in [4.78, 5) is 0.316. The average Bonchev–Trinajstić information content (AvgIpc) is 2.86. The third-order valence-corrected chi connectivity index (χ3v) is 5.11. The molecule has 2 N–H and O–H groups in total. The van der Waals surface area contributed by atoms with E-state index < -0.39 is 10.0 Å². The number of aryl methyl sites for hydroxylation is 2. The predicted molar refractivity (Wildman–Crippen MR) is 68.8 cm³/mol. The molecule has 1 aromatic heterocycles. The first-order chi connectivity index (χ1) is 8.42. The molecule has 6 nitrogen and oxygen atoms in total. The molecule has 0 aromatic carbocycles. The van der Waals surface area contributed by atoms with Gasteiger partial charge < -0.3 is 5.32 Å². The molecule has 102 valence electrons. The van der Waals surface area contributed by atoms with Crippen molar-refractivity contribution < 1.29 is 8.42 Å². The first-order valence-electron chi connectivity index (χ1n) is 6.12. The minimum Gasteiger partial charge on any atom is -0.316 e. The Morgan fingerprint density at radius 2 is 2.22 bits per heavy atom.